The van der Waals surface area contributed by atoms with E-state index in [4.69, 9.17) is 4.74 Å². The molecule has 1 aliphatic rings. The number of sulfonamides is 1. The van der Waals surface area contributed by atoms with Crippen molar-refractivity contribution in [2.24, 2.45) is 0 Å². The number of nitrogens with zero attached hydrogens (tertiary/aromatic N) is 1. The summed E-state index contributed by atoms with van der Waals surface area (Å²) in [6.07, 6.45) is 3.90. The summed E-state index contributed by atoms with van der Waals surface area (Å²) in [5.74, 6) is -1.42. The first-order valence-corrected chi connectivity index (χ1v) is 11.7. The molecule has 1 aliphatic heterocycles. The number of thiophene rings is 1. The van der Waals surface area contributed by atoms with Crippen molar-refractivity contribution in [1.82, 2.24) is 4.31 Å². The second-order valence-corrected chi connectivity index (χ2v) is 9.98. The summed E-state index contributed by atoms with van der Waals surface area (Å²) >= 11 is 0.877. The molecule has 2 heterocycles. The second kappa shape index (κ2) is 9.75. The monoisotopic (exact) mass is 473 g/mol. The molecule has 0 amide bonds. The molecular formula is C20H21F2NO6S2. The van der Waals surface area contributed by atoms with Gasteiger partial charge in [-0.25, -0.2) is 13.2 Å². The lowest BCUT2D eigenvalue weighted by Gasteiger charge is -2.25. The van der Waals surface area contributed by atoms with Gasteiger partial charge in [0.05, 0.1) is 12.7 Å². The van der Waals surface area contributed by atoms with Gasteiger partial charge in [0.2, 0.25) is 0 Å². The predicted molar refractivity (Wildman–Crippen MR) is 112 cm³/mol. The van der Waals surface area contributed by atoms with E-state index in [1.165, 1.54) is 47.8 Å². The molecule has 31 heavy (non-hydrogen) atoms. The van der Waals surface area contributed by atoms with Crippen LogP contribution in [0.3, 0.4) is 0 Å². The van der Waals surface area contributed by atoms with Crippen LogP contribution in [0.1, 0.15) is 29.7 Å². The van der Waals surface area contributed by atoms with Crippen LogP contribution in [-0.2, 0) is 14.8 Å². The zero-order valence-electron chi connectivity index (χ0n) is 16.6. The predicted octanol–water partition coefficient (Wildman–Crippen LogP) is 4.16. The van der Waals surface area contributed by atoms with Crippen molar-refractivity contribution in [2.45, 2.75) is 30.1 Å². The van der Waals surface area contributed by atoms with Gasteiger partial charge in [0.25, 0.3) is 10.0 Å². The zero-order valence-corrected chi connectivity index (χ0v) is 18.2. The highest BCUT2D eigenvalue weighted by atomic mass is 32.2. The van der Waals surface area contributed by atoms with E-state index in [1.54, 1.807) is 0 Å². The van der Waals surface area contributed by atoms with Crippen LogP contribution in [0, 0.1) is 0 Å². The van der Waals surface area contributed by atoms with Gasteiger partial charge in [-0.1, -0.05) is 12.5 Å². The SMILES string of the molecule is COc1cc(/C=C(\C(=O)O)c2ccc(S(=O)(=O)N3CCCCC3)s2)ccc1OC(F)F. The third-order valence-corrected chi connectivity index (χ3v) is 8.19. The molecule has 2 aromatic rings. The van der Waals surface area contributed by atoms with E-state index in [-0.39, 0.29) is 26.2 Å². The van der Waals surface area contributed by atoms with Crippen molar-refractivity contribution in [1.29, 1.82) is 0 Å². The first-order chi connectivity index (χ1) is 14.7. The molecule has 0 unspecified atom stereocenters. The first kappa shape index (κ1) is 23.2. The standard InChI is InChI=1S/C20H21F2NO6S2/c1-28-16-12-13(5-6-15(16)29-20(21)22)11-14(19(24)25)17-7-8-18(30-17)31(26,27)23-9-3-2-4-10-23/h5-8,11-12,20H,2-4,9-10H2,1H3,(H,24,25)/b14-11-. The largest absolute Gasteiger partial charge is 0.493 e. The Balaban J connectivity index is 1.93. The van der Waals surface area contributed by atoms with Gasteiger partial charge >= 0.3 is 12.6 Å². The van der Waals surface area contributed by atoms with Crippen molar-refractivity contribution >= 4 is 39.0 Å². The topological polar surface area (TPSA) is 93.1 Å². The van der Waals surface area contributed by atoms with E-state index in [1.807, 2.05) is 0 Å². The first-order valence-electron chi connectivity index (χ1n) is 9.40. The number of methoxy groups -OCH3 is 1. The zero-order chi connectivity index (χ0) is 22.6. The molecule has 0 atom stereocenters. The number of aliphatic carboxylic acids is 1. The van der Waals surface area contributed by atoms with Gasteiger partial charge < -0.3 is 14.6 Å². The van der Waals surface area contributed by atoms with Crippen molar-refractivity contribution in [3.8, 4) is 11.5 Å². The Morgan fingerprint density at radius 2 is 1.87 bits per heavy atom. The lowest BCUT2D eigenvalue weighted by Crippen LogP contribution is -2.35. The van der Waals surface area contributed by atoms with E-state index < -0.39 is 22.6 Å². The maximum atomic E-state index is 12.8. The number of ether oxygens (including phenoxy) is 2. The molecule has 1 aromatic carbocycles. The van der Waals surface area contributed by atoms with E-state index in [0.717, 1.165) is 30.6 Å². The van der Waals surface area contributed by atoms with Crippen LogP contribution in [0.25, 0.3) is 11.6 Å². The maximum Gasteiger partial charge on any atom is 0.387 e. The second-order valence-electron chi connectivity index (χ2n) is 6.74. The highest BCUT2D eigenvalue weighted by molar-refractivity contribution is 7.91. The van der Waals surface area contributed by atoms with Gasteiger partial charge in [0, 0.05) is 18.0 Å². The lowest BCUT2D eigenvalue weighted by atomic mass is 10.1. The van der Waals surface area contributed by atoms with Gasteiger partial charge in [-0.3, -0.25) is 0 Å². The molecule has 0 saturated carbocycles. The van der Waals surface area contributed by atoms with E-state index in [9.17, 15) is 27.1 Å². The molecule has 11 heteroatoms. The number of carboxylic acids is 1. The maximum absolute atomic E-state index is 12.8. The van der Waals surface area contributed by atoms with Crippen LogP contribution in [0.2, 0.25) is 0 Å². The number of hydrogen-bond donors (Lipinski definition) is 1. The van der Waals surface area contributed by atoms with Crippen LogP contribution in [-0.4, -0.2) is 50.6 Å². The number of carboxylic acid groups (broad SMARTS) is 1. The van der Waals surface area contributed by atoms with Crippen LogP contribution < -0.4 is 9.47 Å². The Hall–Kier alpha value is -2.50. The Kier molecular flexibility index (Phi) is 7.29. The Bertz CT molecular complexity index is 1080. The van der Waals surface area contributed by atoms with Crippen molar-refractivity contribution < 1.29 is 36.6 Å². The van der Waals surface area contributed by atoms with E-state index >= 15 is 0 Å². The summed E-state index contributed by atoms with van der Waals surface area (Å²) in [4.78, 5) is 12.1. The Morgan fingerprint density at radius 1 is 1.16 bits per heavy atom. The highest BCUT2D eigenvalue weighted by Crippen LogP contribution is 2.34. The highest BCUT2D eigenvalue weighted by Gasteiger charge is 2.28. The summed E-state index contributed by atoms with van der Waals surface area (Å²) in [6.45, 7) is -2.13. The van der Waals surface area contributed by atoms with Crippen LogP contribution >= 0.6 is 11.3 Å². The summed E-state index contributed by atoms with van der Waals surface area (Å²) in [5.41, 5.74) is 0.236. The minimum absolute atomic E-state index is 0.0123. The molecule has 1 aromatic heterocycles. The molecule has 3 rings (SSSR count). The average Bonchev–Trinajstić information content (AvgIpc) is 3.23. The number of piperidine rings is 1. The summed E-state index contributed by atoms with van der Waals surface area (Å²) in [5, 5.41) is 9.67. The molecule has 1 N–H and O–H groups in total. The van der Waals surface area contributed by atoms with Crippen LogP contribution in [0.15, 0.2) is 34.5 Å². The molecule has 168 valence electrons. The lowest BCUT2D eigenvalue weighted by molar-refractivity contribution is -0.130. The van der Waals surface area contributed by atoms with Gasteiger partial charge in [0.1, 0.15) is 4.21 Å². The van der Waals surface area contributed by atoms with Gasteiger partial charge in [-0.2, -0.15) is 13.1 Å². The fourth-order valence-corrected chi connectivity index (χ4v) is 6.19. The molecule has 0 spiro atoms. The molecule has 0 bridgehead atoms. The molecular weight excluding hydrogens is 452 g/mol. The number of hydrogen-bond acceptors (Lipinski definition) is 6. The molecule has 7 nitrogen and oxygen atoms in total. The summed E-state index contributed by atoms with van der Waals surface area (Å²) < 4.78 is 61.5. The molecule has 1 fully saturated rings. The van der Waals surface area contributed by atoms with E-state index in [2.05, 4.69) is 4.74 Å². The smallest absolute Gasteiger partial charge is 0.387 e. The van der Waals surface area contributed by atoms with E-state index in [0.29, 0.717) is 18.7 Å². The molecule has 0 radical (unpaired) electrons. The third kappa shape index (κ3) is 5.41. The number of alkyl halides is 2. The Labute approximate surface area is 182 Å². The normalized spacial score (nSPS) is 15.8. The fraction of sp³-hybridized carbons (Fsp3) is 0.350. The number of rotatable bonds is 8. The number of benzene rings is 1. The van der Waals surface area contributed by atoms with Crippen LogP contribution in [0.4, 0.5) is 8.78 Å². The average molecular weight is 474 g/mol. The van der Waals surface area contributed by atoms with Crippen molar-refractivity contribution in [2.75, 3.05) is 20.2 Å². The minimum Gasteiger partial charge on any atom is -0.493 e. The molecule has 0 aliphatic carbocycles. The molecule has 1 saturated heterocycles. The minimum atomic E-state index is -3.68. The summed E-state index contributed by atoms with van der Waals surface area (Å²) in [6, 6.07) is 6.87. The quantitative estimate of drug-likeness (QED) is 0.579. The van der Waals surface area contributed by atoms with Gasteiger partial charge in [-0.15, -0.1) is 11.3 Å². The third-order valence-electron chi connectivity index (χ3n) is 4.70. The van der Waals surface area contributed by atoms with Crippen molar-refractivity contribution in [3.05, 3.63) is 40.8 Å². The van der Waals surface area contributed by atoms with Gasteiger partial charge in [-0.05, 0) is 48.7 Å². The van der Waals surface area contributed by atoms with Crippen LogP contribution in [0.5, 0.6) is 11.5 Å². The number of carbonyl (C=O) groups is 1. The Morgan fingerprint density at radius 3 is 2.48 bits per heavy atom. The van der Waals surface area contributed by atoms with Crippen molar-refractivity contribution in [3.63, 3.8) is 0 Å². The summed E-state index contributed by atoms with van der Waals surface area (Å²) in [7, 11) is -2.40. The van der Waals surface area contributed by atoms with Gasteiger partial charge in [0.15, 0.2) is 11.5 Å². The fourth-order valence-electron chi connectivity index (χ4n) is 3.21. The number of halogens is 2.